The van der Waals surface area contributed by atoms with E-state index in [9.17, 15) is 0 Å². The average molecular weight is 218 g/mol. The monoisotopic (exact) mass is 218 g/mol. The van der Waals surface area contributed by atoms with Crippen molar-refractivity contribution in [2.75, 3.05) is 14.2 Å². The van der Waals surface area contributed by atoms with Gasteiger partial charge in [-0.2, -0.15) is 0 Å². The van der Waals surface area contributed by atoms with E-state index < -0.39 is 0 Å². The summed E-state index contributed by atoms with van der Waals surface area (Å²) in [6, 6.07) is 0. The molecule has 0 amide bonds. The first kappa shape index (κ1) is 10.2. The Morgan fingerprint density at radius 1 is 1.25 bits per heavy atom. The molecule has 0 spiro atoms. The molecule has 0 aromatic heterocycles. The summed E-state index contributed by atoms with van der Waals surface area (Å²) in [5.41, 5.74) is 4.59. The fraction of sp³-hybridized carbons (Fsp3) is 0.571. The molecule has 0 aliphatic heterocycles. The molecule has 2 atom stereocenters. The maximum Gasteiger partial charge on any atom is 0.0997 e. The Bertz CT molecular complexity index is 401. The summed E-state index contributed by atoms with van der Waals surface area (Å²) in [6.07, 6.45) is 9.34. The number of methoxy groups -OCH3 is 2. The van der Waals surface area contributed by atoms with Crippen LogP contribution in [0.2, 0.25) is 0 Å². The maximum atomic E-state index is 5.61. The van der Waals surface area contributed by atoms with Crippen molar-refractivity contribution in [1.29, 1.82) is 0 Å². The molecule has 0 bridgehead atoms. The molecular formula is C14H18O2. The van der Waals surface area contributed by atoms with E-state index in [1.807, 2.05) is 7.11 Å². The number of allylic oxidation sites excluding steroid dienone is 5. The largest absolute Gasteiger partial charge is 0.501 e. The SMILES string of the molecule is COC1=CC=C2CC[C@H]3C[C@@H](OC)C(=C23)C1. The van der Waals surface area contributed by atoms with Crippen LogP contribution in [0.3, 0.4) is 0 Å². The Labute approximate surface area is 96.6 Å². The van der Waals surface area contributed by atoms with Crippen molar-refractivity contribution in [3.63, 3.8) is 0 Å². The second-order valence-corrected chi connectivity index (χ2v) is 4.84. The van der Waals surface area contributed by atoms with Crippen LogP contribution in [0.25, 0.3) is 0 Å². The van der Waals surface area contributed by atoms with Gasteiger partial charge >= 0.3 is 0 Å². The summed E-state index contributed by atoms with van der Waals surface area (Å²) in [5, 5.41) is 0. The highest BCUT2D eigenvalue weighted by molar-refractivity contribution is 5.50. The quantitative estimate of drug-likeness (QED) is 0.709. The lowest BCUT2D eigenvalue weighted by Gasteiger charge is -2.15. The van der Waals surface area contributed by atoms with E-state index in [-0.39, 0.29) is 0 Å². The molecule has 3 aliphatic carbocycles. The Kier molecular flexibility index (Phi) is 2.40. The first-order valence-electron chi connectivity index (χ1n) is 6.03. The Balaban J connectivity index is 2.04. The van der Waals surface area contributed by atoms with Crippen molar-refractivity contribution in [3.8, 4) is 0 Å². The van der Waals surface area contributed by atoms with Crippen molar-refractivity contribution in [2.45, 2.75) is 31.8 Å². The van der Waals surface area contributed by atoms with Crippen LogP contribution in [0.1, 0.15) is 25.7 Å². The summed E-state index contributed by atoms with van der Waals surface area (Å²) in [7, 11) is 3.58. The molecule has 86 valence electrons. The normalized spacial score (nSPS) is 32.1. The predicted octanol–water partition coefficient (Wildman–Crippen LogP) is 2.97. The van der Waals surface area contributed by atoms with Gasteiger partial charge in [0.25, 0.3) is 0 Å². The van der Waals surface area contributed by atoms with Gasteiger partial charge in [-0.1, -0.05) is 6.08 Å². The Morgan fingerprint density at radius 3 is 2.88 bits per heavy atom. The van der Waals surface area contributed by atoms with Crippen LogP contribution in [0.15, 0.2) is 34.6 Å². The van der Waals surface area contributed by atoms with Gasteiger partial charge in [0, 0.05) is 13.5 Å². The summed E-state index contributed by atoms with van der Waals surface area (Å²) in [4.78, 5) is 0. The molecule has 0 N–H and O–H groups in total. The Hall–Kier alpha value is -1.02. The molecule has 1 saturated carbocycles. The fourth-order valence-electron chi connectivity index (χ4n) is 3.35. The summed E-state index contributed by atoms with van der Waals surface area (Å²) < 4.78 is 11.0. The van der Waals surface area contributed by atoms with Gasteiger partial charge in [0.15, 0.2) is 0 Å². The fourth-order valence-corrected chi connectivity index (χ4v) is 3.35. The zero-order chi connectivity index (χ0) is 11.1. The minimum Gasteiger partial charge on any atom is -0.501 e. The van der Waals surface area contributed by atoms with Gasteiger partial charge in [0.2, 0.25) is 0 Å². The third kappa shape index (κ3) is 1.36. The van der Waals surface area contributed by atoms with Crippen LogP contribution in [0.4, 0.5) is 0 Å². The standard InChI is InChI=1S/C14H18O2/c1-15-11-6-5-9-3-4-10-7-13(16-2)12(8-11)14(9)10/h5-6,10,13H,3-4,7-8H2,1-2H3/t10-,13+/m0/s1. The Morgan fingerprint density at radius 2 is 2.12 bits per heavy atom. The van der Waals surface area contributed by atoms with Gasteiger partial charge in [0.1, 0.15) is 0 Å². The predicted molar refractivity (Wildman–Crippen MR) is 63.0 cm³/mol. The van der Waals surface area contributed by atoms with E-state index in [0.29, 0.717) is 6.10 Å². The van der Waals surface area contributed by atoms with Crippen LogP contribution < -0.4 is 0 Å². The van der Waals surface area contributed by atoms with Crippen molar-refractivity contribution >= 4 is 0 Å². The van der Waals surface area contributed by atoms with Gasteiger partial charge in [0.05, 0.1) is 19.0 Å². The van der Waals surface area contributed by atoms with Gasteiger partial charge in [-0.05, 0) is 48.0 Å². The molecule has 16 heavy (non-hydrogen) atoms. The number of ether oxygens (including phenoxy) is 2. The van der Waals surface area contributed by atoms with Crippen molar-refractivity contribution < 1.29 is 9.47 Å². The van der Waals surface area contributed by atoms with Gasteiger partial charge in [-0.25, -0.2) is 0 Å². The minimum absolute atomic E-state index is 0.320. The van der Waals surface area contributed by atoms with E-state index in [4.69, 9.17) is 9.47 Å². The first-order chi connectivity index (χ1) is 7.83. The van der Waals surface area contributed by atoms with Crippen LogP contribution in [-0.4, -0.2) is 20.3 Å². The lowest BCUT2D eigenvalue weighted by molar-refractivity contribution is 0.120. The smallest absolute Gasteiger partial charge is 0.0997 e. The number of hydrogen-bond acceptors (Lipinski definition) is 2. The third-order valence-corrected chi connectivity index (χ3v) is 4.13. The van der Waals surface area contributed by atoms with Crippen molar-refractivity contribution in [2.24, 2.45) is 5.92 Å². The summed E-state index contributed by atoms with van der Waals surface area (Å²) >= 11 is 0. The molecule has 0 heterocycles. The van der Waals surface area contributed by atoms with E-state index in [2.05, 4.69) is 12.2 Å². The second-order valence-electron chi connectivity index (χ2n) is 4.84. The molecule has 2 nitrogen and oxygen atoms in total. The first-order valence-corrected chi connectivity index (χ1v) is 6.03. The highest BCUT2D eigenvalue weighted by atomic mass is 16.5. The van der Waals surface area contributed by atoms with Gasteiger partial charge in [-0.3, -0.25) is 0 Å². The molecule has 0 saturated heterocycles. The second kappa shape index (κ2) is 3.77. The van der Waals surface area contributed by atoms with E-state index >= 15 is 0 Å². The zero-order valence-corrected chi connectivity index (χ0v) is 9.95. The topological polar surface area (TPSA) is 18.5 Å². The van der Waals surface area contributed by atoms with E-state index in [1.165, 1.54) is 30.4 Å². The van der Waals surface area contributed by atoms with Crippen LogP contribution >= 0.6 is 0 Å². The highest BCUT2D eigenvalue weighted by Gasteiger charge is 2.39. The molecule has 0 unspecified atom stereocenters. The highest BCUT2D eigenvalue weighted by Crippen LogP contribution is 2.50. The molecular weight excluding hydrogens is 200 g/mol. The summed E-state index contributed by atoms with van der Waals surface area (Å²) in [5.74, 6) is 1.81. The molecule has 0 radical (unpaired) electrons. The van der Waals surface area contributed by atoms with Crippen molar-refractivity contribution in [3.05, 3.63) is 34.6 Å². The molecule has 0 aromatic rings. The van der Waals surface area contributed by atoms with Crippen LogP contribution in [0, 0.1) is 5.92 Å². The number of rotatable bonds is 2. The lowest BCUT2D eigenvalue weighted by atomic mass is 10.0. The average Bonchev–Trinajstić information content (AvgIpc) is 2.78. The molecule has 3 rings (SSSR count). The zero-order valence-electron chi connectivity index (χ0n) is 9.95. The number of hydrogen-bond donors (Lipinski definition) is 0. The maximum absolute atomic E-state index is 5.61. The molecule has 2 heteroatoms. The molecule has 3 aliphatic rings. The molecule has 1 fully saturated rings. The van der Waals surface area contributed by atoms with E-state index in [0.717, 1.165) is 18.1 Å². The lowest BCUT2D eigenvalue weighted by Crippen LogP contribution is -2.11. The van der Waals surface area contributed by atoms with E-state index in [1.54, 1.807) is 12.7 Å². The third-order valence-electron chi connectivity index (χ3n) is 4.13. The minimum atomic E-state index is 0.320. The van der Waals surface area contributed by atoms with Gasteiger partial charge < -0.3 is 9.47 Å². The summed E-state index contributed by atoms with van der Waals surface area (Å²) in [6.45, 7) is 0. The van der Waals surface area contributed by atoms with Gasteiger partial charge in [-0.15, -0.1) is 0 Å². The van der Waals surface area contributed by atoms with Crippen molar-refractivity contribution in [1.82, 2.24) is 0 Å². The van der Waals surface area contributed by atoms with Crippen LogP contribution in [0.5, 0.6) is 0 Å². The molecule has 0 aromatic carbocycles. The van der Waals surface area contributed by atoms with Crippen LogP contribution in [-0.2, 0) is 9.47 Å².